The van der Waals surface area contributed by atoms with Gasteiger partial charge in [-0.1, -0.05) is 31.2 Å². The molecule has 1 N–H and O–H groups in total. The summed E-state index contributed by atoms with van der Waals surface area (Å²) >= 11 is 0. The molecule has 3 heteroatoms. The molecule has 0 aliphatic rings. The zero-order valence-electron chi connectivity index (χ0n) is 12.1. The van der Waals surface area contributed by atoms with Crippen LogP contribution in [0.4, 0.5) is 0 Å². The summed E-state index contributed by atoms with van der Waals surface area (Å²) in [4.78, 5) is 6.98. The number of hydrogen-bond acceptors (Lipinski definition) is 3. The largest absolute Gasteiger partial charge is 0.307 e. The molecule has 0 bridgehead atoms. The first-order valence-electron chi connectivity index (χ1n) is 6.95. The van der Waals surface area contributed by atoms with Crippen LogP contribution in [0.15, 0.2) is 36.4 Å². The number of likely N-dealkylation sites (N-methyl/N-ethyl adjacent to an activating group) is 1. The van der Waals surface area contributed by atoms with E-state index in [2.05, 4.69) is 60.4 Å². The Hall–Kier alpha value is -1.45. The lowest BCUT2D eigenvalue weighted by molar-refractivity contribution is 0.309. The average molecular weight is 257 g/mol. The third kappa shape index (κ3) is 4.01. The molecule has 2 aromatic rings. The maximum absolute atomic E-state index is 4.67. The number of rotatable bonds is 6. The molecule has 1 aromatic heterocycles. The highest BCUT2D eigenvalue weighted by Crippen LogP contribution is 2.11. The van der Waals surface area contributed by atoms with Crippen LogP contribution in [0.1, 0.15) is 19.5 Å². The Morgan fingerprint density at radius 3 is 2.79 bits per heavy atom. The van der Waals surface area contributed by atoms with Crippen LogP contribution < -0.4 is 5.32 Å². The summed E-state index contributed by atoms with van der Waals surface area (Å²) in [7, 11) is 2.15. The van der Waals surface area contributed by atoms with E-state index in [-0.39, 0.29) is 0 Å². The molecule has 0 saturated carbocycles. The van der Waals surface area contributed by atoms with Gasteiger partial charge in [0.25, 0.3) is 0 Å². The van der Waals surface area contributed by atoms with Gasteiger partial charge in [-0.2, -0.15) is 0 Å². The first kappa shape index (κ1) is 14.0. The monoisotopic (exact) mass is 257 g/mol. The van der Waals surface area contributed by atoms with Crippen molar-refractivity contribution in [1.29, 1.82) is 0 Å². The van der Waals surface area contributed by atoms with Gasteiger partial charge in [-0.3, -0.25) is 4.98 Å². The van der Waals surface area contributed by atoms with Crippen molar-refractivity contribution in [2.75, 3.05) is 20.1 Å². The minimum atomic E-state index is 0.471. The smallest absolute Gasteiger partial charge is 0.0705 e. The van der Waals surface area contributed by atoms with Crippen molar-refractivity contribution in [3.8, 4) is 0 Å². The quantitative estimate of drug-likeness (QED) is 0.862. The Morgan fingerprint density at radius 1 is 1.21 bits per heavy atom. The second-order valence-corrected chi connectivity index (χ2v) is 5.13. The number of hydrogen-bond donors (Lipinski definition) is 1. The number of para-hydroxylation sites is 1. The maximum Gasteiger partial charge on any atom is 0.0705 e. The van der Waals surface area contributed by atoms with Gasteiger partial charge in [-0.05, 0) is 32.6 Å². The van der Waals surface area contributed by atoms with Crippen LogP contribution in [-0.2, 0) is 6.54 Å². The average Bonchev–Trinajstić information content (AvgIpc) is 2.44. The highest BCUT2D eigenvalue weighted by molar-refractivity contribution is 5.78. The van der Waals surface area contributed by atoms with E-state index in [1.54, 1.807) is 0 Å². The molecule has 0 saturated heterocycles. The predicted molar refractivity (Wildman–Crippen MR) is 81.2 cm³/mol. The van der Waals surface area contributed by atoms with Gasteiger partial charge in [0.2, 0.25) is 0 Å². The van der Waals surface area contributed by atoms with Crippen molar-refractivity contribution in [2.24, 2.45) is 0 Å². The number of fused-ring (bicyclic) bond motifs is 1. The van der Waals surface area contributed by atoms with Gasteiger partial charge in [-0.15, -0.1) is 0 Å². The van der Waals surface area contributed by atoms with Crippen LogP contribution in [0, 0.1) is 0 Å². The molecule has 0 fully saturated rings. The molecule has 0 radical (unpaired) electrons. The van der Waals surface area contributed by atoms with E-state index in [0.29, 0.717) is 6.04 Å². The molecule has 102 valence electrons. The molecule has 1 heterocycles. The summed E-state index contributed by atoms with van der Waals surface area (Å²) in [6.45, 7) is 7.36. The summed E-state index contributed by atoms with van der Waals surface area (Å²) in [5, 5.41) is 4.72. The Labute approximate surface area is 115 Å². The summed E-state index contributed by atoms with van der Waals surface area (Å²) in [6, 6.07) is 13.0. The van der Waals surface area contributed by atoms with Crippen molar-refractivity contribution < 1.29 is 0 Å². The van der Waals surface area contributed by atoms with Crippen LogP contribution in [0.3, 0.4) is 0 Å². The minimum Gasteiger partial charge on any atom is -0.307 e. The second-order valence-electron chi connectivity index (χ2n) is 5.13. The topological polar surface area (TPSA) is 28.2 Å². The molecule has 0 amide bonds. The van der Waals surface area contributed by atoms with Crippen LogP contribution in [-0.4, -0.2) is 36.1 Å². The molecule has 0 spiro atoms. The van der Waals surface area contributed by atoms with Crippen molar-refractivity contribution >= 4 is 10.9 Å². The van der Waals surface area contributed by atoms with Gasteiger partial charge in [0.15, 0.2) is 0 Å². The van der Waals surface area contributed by atoms with Crippen molar-refractivity contribution in [2.45, 2.75) is 26.4 Å². The Bertz CT molecular complexity index is 524. The maximum atomic E-state index is 4.67. The first-order valence-corrected chi connectivity index (χ1v) is 6.95. The zero-order chi connectivity index (χ0) is 13.7. The lowest BCUT2D eigenvalue weighted by atomic mass is 10.2. The number of nitrogens with one attached hydrogen (secondary N) is 1. The van der Waals surface area contributed by atoms with Gasteiger partial charge in [0, 0.05) is 24.5 Å². The fourth-order valence-electron chi connectivity index (χ4n) is 2.15. The fourth-order valence-corrected chi connectivity index (χ4v) is 2.15. The van der Waals surface area contributed by atoms with Crippen LogP contribution in [0.25, 0.3) is 10.9 Å². The van der Waals surface area contributed by atoms with Crippen molar-refractivity contribution in [3.05, 3.63) is 42.1 Å². The van der Waals surface area contributed by atoms with Crippen molar-refractivity contribution in [1.82, 2.24) is 15.2 Å². The highest BCUT2D eigenvalue weighted by Gasteiger charge is 2.05. The summed E-state index contributed by atoms with van der Waals surface area (Å²) in [5.41, 5.74) is 2.17. The van der Waals surface area contributed by atoms with Gasteiger partial charge < -0.3 is 10.2 Å². The number of benzene rings is 1. The predicted octanol–water partition coefficient (Wildman–Crippen LogP) is 2.66. The molecule has 1 atom stereocenters. The third-order valence-corrected chi connectivity index (χ3v) is 3.41. The fraction of sp³-hybridized carbons (Fsp3) is 0.438. The summed E-state index contributed by atoms with van der Waals surface area (Å²) in [5.74, 6) is 0. The number of aromatic nitrogens is 1. The SMILES string of the molecule is CCN(C)CC(C)NCc1ccc2ccccc2n1. The summed E-state index contributed by atoms with van der Waals surface area (Å²) in [6.07, 6.45) is 0. The molecule has 19 heavy (non-hydrogen) atoms. The minimum absolute atomic E-state index is 0.471. The molecule has 2 rings (SSSR count). The normalized spacial score (nSPS) is 13.1. The van der Waals surface area contributed by atoms with Gasteiger partial charge in [0.1, 0.15) is 0 Å². The van der Waals surface area contributed by atoms with Gasteiger partial charge in [-0.25, -0.2) is 0 Å². The Morgan fingerprint density at radius 2 is 2.00 bits per heavy atom. The van der Waals surface area contributed by atoms with Gasteiger partial charge in [0.05, 0.1) is 11.2 Å². The lowest BCUT2D eigenvalue weighted by Gasteiger charge is -2.20. The first-order chi connectivity index (χ1) is 9.19. The zero-order valence-corrected chi connectivity index (χ0v) is 12.1. The molecule has 1 aromatic carbocycles. The molecular formula is C16H23N3. The Balaban J connectivity index is 1.94. The lowest BCUT2D eigenvalue weighted by Crippen LogP contribution is -2.37. The van der Waals surface area contributed by atoms with Gasteiger partial charge >= 0.3 is 0 Å². The van der Waals surface area contributed by atoms with E-state index < -0.39 is 0 Å². The van der Waals surface area contributed by atoms with E-state index in [0.717, 1.165) is 30.8 Å². The molecule has 3 nitrogen and oxygen atoms in total. The van der Waals surface area contributed by atoms with Crippen LogP contribution in [0.5, 0.6) is 0 Å². The third-order valence-electron chi connectivity index (χ3n) is 3.41. The standard InChI is InChI=1S/C16H23N3/c1-4-19(3)12-13(2)17-11-15-10-9-14-7-5-6-8-16(14)18-15/h5-10,13,17H,4,11-12H2,1-3H3. The second kappa shape index (κ2) is 6.64. The van der Waals surface area contributed by atoms with E-state index in [1.165, 1.54) is 5.39 Å². The molecule has 0 aliphatic heterocycles. The molecular weight excluding hydrogens is 234 g/mol. The number of pyridine rings is 1. The van der Waals surface area contributed by atoms with E-state index in [4.69, 9.17) is 0 Å². The van der Waals surface area contributed by atoms with Crippen molar-refractivity contribution in [3.63, 3.8) is 0 Å². The molecule has 1 unspecified atom stereocenters. The van der Waals surface area contributed by atoms with Crippen LogP contribution in [0.2, 0.25) is 0 Å². The number of nitrogens with zero attached hydrogens (tertiary/aromatic N) is 2. The highest BCUT2D eigenvalue weighted by atomic mass is 15.1. The molecule has 0 aliphatic carbocycles. The Kier molecular flexibility index (Phi) is 4.88. The van der Waals surface area contributed by atoms with Crippen LogP contribution >= 0.6 is 0 Å². The summed E-state index contributed by atoms with van der Waals surface area (Å²) < 4.78 is 0. The van der Waals surface area contributed by atoms with E-state index in [1.807, 2.05) is 12.1 Å². The van der Waals surface area contributed by atoms with E-state index in [9.17, 15) is 0 Å². The van der Waals surface area contributed by atoms with E-state index >= 15 is 0 Å².